The van der Waals surface area contributed by atoms with Crippen LogP contribution in [-0.4, -0.2) is 66.8 Å². The molecule has 1 aliphatic heterocycles. The maximum Gasteiger partial charge on any atom is 0.213 e. The quantitative estimate of drug-likeness (QED) is 0.843. The molecule has 0 aromatic rings. The number of hydrogen-bond donors (Lipinski definition) is 1. The lowest BCUT2D eigenvalue weighted by Crippen LogP contribution is -2.52. The van der Waals surface area contributed by atoms with Crippen LogP contribution in [0.1, 0.15) is 45.4 Å². The van der Waals surface area contributed by atoms with Crippen molar-refractivity contribution in [3.8, 4) is 0 Å². The third-order valence-electron chi connectivity index (χ3n) is 4.98. The first-order valence-electron chi connectivity index (χ1n) is 7.83. The zero-order chi connectivity index (χ0) is 14.8. The minimum absolute atomic E-state index is 0.122. The Morgan fingerprint density at radius 2 is 1.75 bits per heavy atom. The molecule has 20 heavy (non-hydrogen) atoms. The number of sulfonamides is 1. The lowest BCUT2D eigenvalue weighted by atomic mass is 9.89. The zero-order valence-corrected chi connectivity index (χ0v) is 13.5. The molecule has 0 amide bonds. The van der Waals surface area contributed by atoms with Crippen LogP contribution in [0.3, 0.4) is 0 Å². The summed E-state index contributed by atoms with van der Waals surface area (Å²) in [6.07, 6.45) is 5.87. The second kappa shape index (κ2) is 6.73. The van der Waals surface area contributed by atoms with Gasteiger partial charge in [0, 0.05) is 32.2 Å². The van der Waals surface area contributed by atoms with Crippen molar-refractivity contribution in [1.82, 2.24) is 9.21 Å². The Hall–Kier alpha value is -0.170. The first-order valence-corrected chi connectivity index (χ1v) is 9.44. The third-order valence-corrected chi connectivity index (χ3v) is 6.89. The molecule has 0 bridgehead atoms. The summed E-state index contributed by atoms with van der Waals surface area (Å²) in [6, 6.07) is 0.412. The Balaban J connectivity index is 1.89. The van der Waals surface area contributed by atoms with Gasteiger partial charge in [-0.25, -0.2) is 12.7 Å². The Kier molecular flexibility index (Phi) is 5.45. The average molecular weight is 304 g/mol. The molecule has 2 atom stereocenters. The standard InChI is InChI=1S/C14H28N2O3S/c1-3-20(18,19)15(2)12-8-10-16(11-9-12)13-6-4-5-7-14(13)17/h12-14,17H,3-11H2,1-2H3. The van der Waals surface area contributed by atoms with Gasteiger partial charge >= 0.3 is 0 Å². The van der Waals surface area contributed by atoms with Gasteiger partial charge in [0.1, 0.15) is 0 Å². The van der Waals surface area contributed by atoms with E-state index in [1.54, 1.807) is 18.3 Å². The lowest BCUT2D eigenvalue weighted by Gasteiger charge is -2.43. The molecule has 2 rings (SSSR count). The predicted molar refractivity (Wildman–Crippen MR) is 80.1 cm³/mol. The van der Waals surface area contributed by atoms with E-state index in [-0.39, 0.29) is 23.9 Å². The second-order valence-corrected chi connectivity index (χ2v) is 8.42. The predicted octanol–water partition coefficient (Wildman–Crippen LogP) is 1.04. The molecule has 5 nitrogen and oxygen atoms in total. The third kappa shape index (κ3) is 3.53. The van der Waals surface area contributed by atoms with Crippen molar-refractivity contribution in [1.29, 1.82) is 0 Å². The van der Waals surface area contributed by atoms with Gasteiger partial charge in [0.2, 0.25) is 10.0 Å². The summed E-state index contributed by atoms with van der Waals surface area (Å²) >= 11 is 0. The van der Waals surface area contributed by atoms with Crippen molar-refractivity contribution >= 4 is 10.0 Å². The maximum atomic E-state index is 11.9. The summed E-state index contributed by atoms with van der Waals surface area (Å²) in [7, 11) is -1.38. The van der Waals surface area contributed by atoms with Crippen LogP contribution in [0.25, 0.3) is 0 Å². The SMILES string of the molecule is CCS(=O)(=O)N(C)C1CCN(C2CCCCC2O)CC1. The van der Waals surface area contributed by atoms with Crippen LogP contribution in [0.2, 0.25) is 0 Å². The fraction of sp³-hybridized carbons (Fsp3) is 1.00. The topological polar surface area (TPSA) is 60.9 Å². The first kappa shape index (κ1) is 16.2. The van der Waals surface area contributed by atoms with Crippen molar-refractivity contribution in [3.63, 3.8) is 0 Å². The van der Waals surface area contributed by atoms with E-state index in [0.717, 1.165) is 45.2 Å². The highest BCUT2D eigenvalue weighted by Crippen LogP contribution is 2.27. The van der Waals surface area contributed by atoms with E-state index in [0.29, 0.717) is 0 Å². The molecule has 2 fully saturated rings. The monoisotopic (exact) mass is 304 g/mol. The van der Waals surface area contributed by atoms with Gasteiger partial charge in [-0.2, -0.15) is 0 Å². The van der Waals surface area contributed by atoms with Crippen LogP contribution < -0.4 is 0 Å². The van der Waals surface area contributed by atoms with Crippen LogP contribution in [-0.2, 0) is 10.0 Å². The molecule has 2 unspecified atom stereocenters. The number of rotatable bonds is 4. The van der Waals surface area contributed by atoms with Gasteiger partial charge in [0.25, 0.3) is 0 Å². The summed E-state index contributed by atoms with van der Waals surface area (Å²) in [5.74, 6) is 0.172. The summed E-state index contributed by atoms with van der Waals surface area (Å²) in [5.41, 5.74) is 0. The first-order chi connectivity index (χ1) is 9.45. The molecule has 0 aromatic heterocycles. The fourth-order valence-corrected chi connectivity index (χ4v) is 4.60. The minimum Gasteiger partial charge on any atom is -0.391 e. The summed E-state index contributed by atoms with van der Waals surface area (Å²) in [6.45, 7) is 3.49. The molecule has 0 radical (unpaired) electrons. The smallest absolute Gasteiger partial charge is 0.213 e. The average Bonchev–Trinajstić information content (AvgIpc) is 2.47. The number of aliphatic hydroxyl groups is 1. The van der Waals surface area contributed by atoms with Crippen LogP contribution >= 0.6 is 0 Å². The number of nitrogens with zero attached hydrogens (tertiary/aromatic N) is 2. The van der Waals surface area contributed by atoms with Gasteiger partial charge in [-0.3, -0.25) is 4.90 Å². The maximum absolute atomic E-state index is 11.9. The molecule has 1 N–H and O–H groups in total. The number of aliphatic hydroxyl groups excluding tert-OH is 1. The van der Waals surface area contributed by atoms with Gasteiger partial charge < -0.3 is 5.11 Å². The van der Waals surface area contributed by atoms with Crippen molar-refractivity contribution < 1.29 is 13.5 Å². The van der Waals surface area contributed by atoms with Crippen molar-refractivity contribution in [2.24, 2.45) is 0 Å². The Labute approximate surface area is 123 Å². The van der Waals surface area contributed by atoms with E-state index < -0.39 is 10.0 Å². The molecular formula is C14H28N2O3S. The molecule has 1 saturated carbocycles. The summed E-state index contributed by atoms with van der Waals surface area (Å²) < 4.78 is 25.4. The Bertz CT molecular complexity index is 405. The highest BCUT2D eigenvalue weighted by molar-refractivity contribution is 7.89. The van der Waals surface area contributed by atoms with Gasteiger partial charge in [-0.05, 0) is 32.6 Å². The normalized spacial score (nSPS) is 30.8. The highest BCUT2D eigenvalue weighted by Gasteiger charge is 2.34. The molecule has 0 aromatic carbocycles. The molecule has 118 valence electrons. The molecule has 2 aliphatic rings. The summed E-state index contributed by atoms with van der Waals surface area (Å²) in [5, 5.41) is 10.1. The van der Waals surface area contributed by atoms with E-state index >= 15 is 0 Å². The van der Waals surface area contributed by atoms with Crippen LogP contribution in [0.15, 0.2) is 0 Å². The number of hydrogen-bond acceptors (Lipinski definition) is 4. The molecule has 1 aliphatic carbocycles. The lowest BCUT2D eigenvalue weighted by molar-refractivity contribution is 0.00381. The van der Waals surface area contributed by atoms with Crippen LogP contribution in [0.5, 0.6) is 0 Å². The van der Waals surface area contributed by atoms with Gasteiger partial charge in [0.05, 0.1) is 11.9 Å². The molecule has 0 spiro atoms. The van der Waals surface area contributed by atoms with E-state index in [2.05, 4.69) is 4.90 Å². The second-order valence-electron chi connectivity index (χ2n) is 6.10. The van der Waals surface area contributed by atoms with E-state index in [9.17, 15) is 13.5 Å². The van der Waals surface area contributed by atoms with Gasteiger partial charge in [-0.1, -0.05) is 12.8 Å². The van der Waals surface area contributed by atoms with Crippen molar-refractivity contribution in [2.45, 2.75) is 63.6 Å². The van der Waals surface area contributed by atoms with Gasteiger partial charge in [-0.15, -0.1) is 0 Å². The Morgan fingerprint density at radius 1 is 1.15 bits per heavy atom. The van der Waals surface area contributed by atoms with Crippen LogP contribution in [0.4, 0.5) is 0 Å². The fourth-order valence-electron chi connectivity index (χ4n) is 3.53. The van der Waals surface area contributed by atoms with Crippen molar-refractivity contribution in [3.05, 3.63) is 0 Å². The largest absolute Gasteiger partial charge is 0.391 e. The van der Waals surface area contributed by atoms with Crippen LogP contribution in [0, 0.1) is 0 Å². The highest BCUT2D eigenvalue weighted by atomic mass is 32.2. The molecule has 6 heteroatoms. The zero-order valence-electron chi connectivity index (χ0n) is 12.7. The number of likely N-dealkylation sites (tertiary alicyclic amines) is 1. The van der Waals surface area contributed by atoms with Gasteiger partial charge in [0.15, 0.2) is 0 Å². The van der Waals surface area contributed by atoms with E-state index in [1.807, 2.05) is 0 Å². The van der Waals surface area contributed by atoms with E-state index in [4.69, 9.17) is 0 Å². The van der Waals surface area contributed by atoms with Crippen molar-refractivity contribution in [2.75, 3.05) is 25.9 Å². The molecule has 1 heterocycles. The minimum atomic E-state index is -3.09. The number of piperidine rings is 1. The van der Waals surface area contributed by atoms with E-state index in [1.165, 1.54) is 6.42 Å². The molecular weight excluding hydrogens is 276 g/mol. The Morgan fingerprint density at radius 3 is 2.30 bits per heavy atom. The molecule has 1 saturated heterocycles. The summed E-state index contributed by atoms with van der Waals surface area (Å²) in [4.78, 5) is 2.37.